The second-order valence-electron chi connectivity index (χ2n) is 5.61. The van der Waals surface area contributed by atoms with E-state index < -0.39 is 0 Å². The van der Waals surface area contributed by atoms with Gasteiger partial charge < -0.3 is 0 Å². The van der Waals surface area contributed by atoms with Crippen LogP contribution in [0.15, 0.2) is 48.0 Å². The molecule has 0 aliphatic carbocycles. The molecule has 6 heteroatoms. The fraction of sp³-hybridized carbons (Fsp3) is 0.167. The summed E-state index contributed by atoms with van der Waals surface area (Å²) in [7, 11) is 0. The minimum absolute atomic E-state index is 0.177. The van der Waals surface area contributed by atoms with Crippen molar-refractivity contribution in [2.45, 2.75) is 19.8 Å². The predicted molar refractivity (Wildman–Crippen MR) is 98.8 cm³/mol. The number of thiazole rings is 1. The molecule has 1 N–H and O–H groups in total. The third-order valence-electron chi connectivity index (χ3n) is 3.60. The first kappa shape index (κ1) is 16.6. The second-order valence-corrected chi connectivity index (χ2v) is 6.83. The average Bonchev–Trinajstić information content (AvgIpc) is 3.03. The van der Waals surface area contributed by atoms with E-state index in [4.69, 9.17) is 11.6 Å². The quantitative estimate of drug-likeness (QED) is 0.650. The molecule has 3 aromatic rings. The molecule has 0 saturated carbocycles. The molecule has 3 rings (SSSR count). The van der Waals surface area contributed by atoms with Crippen LogP contribution in [0.25, 0.3) is 11.3 Å². The minimum atomic E-state index is -0.316. The van der Waals surface area contributed by atoms with E-state index in [1.165, 1.54) is 16.9 Å². The Bertz CT molecular complexity index is 859. The lowest BCUT2D eigenvalue weighted by Gasteiger charge is -2.05. The molecule has 0 saturated heterocycles. The lowest BCUT2D eigenvalue weighted by atomic mass is 10.0. The van der Waals surface area contributed by atoms with Crippen molar-refractivity contribution in [2.24, 2.45) is 0 Å². The van der Waals surface area contributed by atoms with Gasteiger partial charge >= 0.3 is 0 Å². The van der Waals surface area contributed by atoms with Crippen LogP contribution in [0.5, 0.6) is 0 Å². The van der Waals surface area contributed by atoms with Crippen LogP contribution in [0.3, 0.4) is 0 Å². The zero-order valence-corrected chi connectivity index (χ0v) is 14.9. The van der Waals surface area contributed by atoms with Crippen molar-refractivity contribution in [1.29, 1.82) is 0 Å². The first-order chi connectivity index (χ1) is 11.5. The molecule has 0 aliphatic heterocycles. The maximum atomic E-state index is 12.2. The van der Waals surface area contributed by atoms with Gasteiger partial charge in [-0.05, 0) is 23.6 Å². The number of hydrogen-bond acceptors (Lipinski definition) is 4. The predicted octanol–water partition coefficient (Wildman–Crippen LogP) is 5.23. The van der Waals surface area contributed by atoms with Crippen molar-refractivity contribution >= 4 is 34.0 Å². The van der Waals surface area contributed by atoms with Gasteiger partial charge in [-0.3, -0.25) is 10.1 Å². The molecular weight excluding hydrogens is 342 g/mol. The maximum Gasteiger partial charge on any atom is 0.260 e. The average molecular weight is 358 g/mol. The largest absolute Gasteiger partial charge is 0.298 e. The number of nitrogens with one attached hydrogen (secondary N) is 1. The van der Waals surface area contributed by atoms with Crippen LogP contribution in [-0.4, -0.2) is 15.9 Å². The van der Waals surface area contributed by atoms with Gasteiger partial charge in [0.2, 0.25) is 0 Å². The summed E-state index contributed by atoms with van der Waals surface area (Å²) in [5, 5.41) is 5.39. The molecule has 122 valence electrons. The van der Waals surface area contributed by atoms with E-state index in [9.17, 15) is 4.79 Å². The Morgan fingerprint density at radius 1 is 1.21 bits per heavy atom. The molecule has 0 fully saturated rings. The van der Waals surface area contributed by atoms with Crippen molar-refractivity contribution < 1.29 is 4.79 Å². The van der Waals surface area contributed by atoms with Crippen molar-refractivity contribution in [1.82, 2.24) is 9.97 Å². The molecule has 0 atom stereocenters. The van der Waals surface area contributed by atoms with Crippen LogP contribution in [0.4, 0.5) is 5.13 Å². The summed E-state index contributed by atoms with van der Waals surface area (Å²) in [4.78, 5) is 20.6. The second kappa shape index (κ2) is 7.11. The Kier molecular flexibility index (Phi) is 4.92. The molecule has 1 amide bonds. The highest BCUT2D eigenvalue weighted by atomic mass is 35.5. The number of nitrogens with zero attached hydrogens (tertiary/aromatic N) is 2. The van der Waals surface area contributed by atoms with Crippen molar-refractivity contribution in [2.75, 3.05) is 5.32 Å². The van der Waals surface area contributed by atoms with Gasteiger partial charge in [-0.1, -0.05) is 49.7 Å². The lowest BCUT2D eigenvalue weighted by molar-refractivity contribution is 0.102. The first-order valence-electron chi connectivity index (χ1n) is 7.52. The normalized spacial score (nSPS) is 10.8. The van der Waals surface area contributed by atoms with Crippen LogP contribution in [0, 0.1) is 0 Å². The third-order valence-corrected chi connectivity index (χ3v) is 4.66. The Labute approximate surface area is 149 Å². The smallest absolute Gasteiger partial charge is 0.260 e. The van der Waals surface area contributed by atoms with Gasteiger partial charge in [0.25, 0.3) is 5.91 Å². The van der Waals surface area contributed by atoms with Crippen LogP contribution in [-0.2, 0) is 0 Å². The van der Waals surface area contributed by atoms with E-state index >= 15 is 0 Å². The molecule has 0 unspecified atom stereocenters. The van der Waals surface area contributed by atoms with Gasteiger partial charge in [0, 0.05) is 17.1 Å². The molecular formula is C18H16ClN3OS. The molecule has 1 aromatic carbocycles. The Morgan fingerprint density at radius 3 is 2.62 bits per heavy atom. The number of benzene rings is 1. The molecule has 0 spiro atoms. The van der Waals surface area contributed by atoms with E-state index in [0.717, 1.165) is 11.3 Å². The van der Waals surface area contributed by atoms with E-state index in [2.05, 4.69) is 41.3 Å². The zero-order valence-electron chi connectivity index (χ0n) is 13.3. The number of carbonyl (C=O) groups is 1. The third kappa shape index (κ3) is 3.63. The van der Waals surface area contributed by atoms with E-state index in [-0.39, 0.29) is 11.1 Å². The topological polar surface area (TPSA) is 54.9 Å². The number of pyridine rings is 1. The summed E-state index contributed by atoms with van der Waals surface area (Å²) in [5.74, 6) is 0.178. The Morgan fingerprint density at radius 2 is 1.96 bits per heavy atom. The Balaban J connectivity index is 1.76. The van der Waals surface area contributed by atoms with Gasteiger partial charge in [-0.25, -0.2) is 9.97 Å². The summed E-state index contributed by atoms with van der Waals surface area (Å²) in [5.41, 5.74) is 3.48. The van der Waals surface area contributed by atoms with Crippen LogP contribution < -0.4 is 5.32 Å². The number of hydrogen-bond donors (Lipinski definition) is 1. The fourth-order valence-electron chi connectivity index (χ4n) is 2.22. The zero-order chi connectivity index (χ0) is 17.1. The van der Waals surface area contributed by atoms with Gasteiger partial charge in [0.05, 0.1) is 11.3 Å². The number of halogens is 1. The van der Waals surface area contributed by atoms with Gasteiger partial charge in [0.15, 0.2) is 5.13 Å². The highest BCUT2D eigenvalue weighted by Gasteiger charge is 2.13. The van der Waals surface area contributed by atoms with Gasteiger partial charge in [-0.15, -0.1) is 11.3 Å². The SMILES string of the molecule is CC(C)c1ccc(-c2csc(NC(=O)c3cccnc3Cl)n2)cc1. The minimum Gasteiger partial charge on any atom is -0.298 e. The number of anilines is 1. The summed E-state index contributed by atoms with van der Waals surface area (Å²) >= 11 is 7.31. The highest BCUT2D eigenvalue weighted by Crippen LogP contribution is 2.27. The van der Waals surface area contributed by atoms with Gasteiger partial charge in [0.1, 0.15) is 5.15 Å². The molecule has 2 aromatic heterocycles. The van der Waals surface area contributed by atoms with E-state index in [1.807, 2.05) is 17.5 Å². The number of carbonyl (C=O) groups excluding carboxylic acids is 1. The number of aromatic nitrogens is 2. The van der Waals surface area contributed by atoms with Crippen LogP contribution in [0.2, 0.25) is 5.15 Å². The molecule has 24 heavy (non-hydrogen) atoms. The molecule has 2 heterocycles. The first-order valence-corrected chi connectivity index (χ1v) is 8.78. The van der Waals surface area contributed by atoms with E-state index in [1.54, 1.807) is 18.3 Å². The van der Waals surface area contributed by atoms with Crippen LogP contribution in [0.1, 0.15) is 35.7 Å². The Hall–Kier alpha value is -2.24. The maximum absolute atomic E-state index is 12.2. The van der Waals surface area contributed by atoms with Crippen molar-refractivity contribution in [3.8, 4) is 11.3 Å². The summed E-state index contributed by atoms with van der Waals surface area (Å²) < 4.78 is 0. The molecule has 0 radical (unpaired) electrons. The molecule has 4 nitrogen and oxygen atoms in total. The lowest BCUT2D eigenvalue weighted by Crippen LogP contribution is -2.12. The number of rotatable bonds is 4. The van der Waals surface area contributed by atoms with E-state index in [0.29, 0.717) is 16.6 Å². The fourth-order valence-corrected chi connectivity index (χ4v) is 3.14. The monoisotopic (exact) mass is 357 g/mol. The molecule has 0 aliphatic rings. The number of amides is 1. The van der Waals surface area contributed by atoms with Gasteiger partial charge in [-0.2, -0.15) is 0 Å². The standard InChI is InChI=1S/C18H16ClN3OS/c1-11(2)12-5-7-13(8-6-12)15-10-24-18(21-15)22-17(23)14-4-3-9-20-16(14)19/h3-11H,1-2H3,(H,21,22,23). The summed E-state index contributed by atoms with van der Waals surface area (Å²) in [6, 6.07) is 11.6. The summed E-state index contributed by atoms with van der Waals surface area (Å²) in [6.45, 7) is 4.32. The summed E-state index contributed by atoms with van der Waals surface area (Å²) in [6.07, 6.45) is 1.54. The highest BCUT2D eigenvalue weighted by molar-refractivity contribution is 7.14. The van der Waals surface area contributed by atoms with Crippen LogP contribution >= 0.6 is 22.9 Å². The van der Waals surface area contributed by atoms with Crippen molar-refractivity contribution in [3.63, 3.8) is 0 Å². The molecule has 0 bridgehead atoms. The van der Waals surface area contributed by atoms with Crippen molar-refractivity contribution in [3.05, 3.63) is 64.3 Å².